The highest BCUT2D eigenvalue weighted by Gasteiger charge is 2.83. The summed E-state index contributed by atoms with van der Waals surface area (Å²) in [7, 11) is 0. The van der Waals surface area contributed by atoms with E-state index in [1.807, 2.05) is 6.92 Å². The van der Waals surface area contributed by atoms with Gasteiger partial charge in [-0.25, -0.2) is 0 Å². The van der Waals surface area contributed by atoms with Crippen molar-refractivity contribution in [3.63, 3.8) is 0 Å². The first-order valence-corrected chi connectivity index (χ1v) is 10.2. The summed E-state index contributed by atoms with van der Waals surface area (Å²) >= 11 is 0. The van der Waals surface area contributed by atoms with Gasteiger partial charge in [-0.3, -0.25) is 14.4 Å². The minimum absolute atomic E-state index is 0.0517. The van der Waals surface area contributed by atoms with Crippen LogP contribution in [0.5, 0.6) is 0 Å². The quantitative estimate of drug-likeness (QED) is 0.491. The van der Waals surface area contributed by atoms with Crippen LogP contribution in [0.2, 0.25) is 0 Å². The minimum atomic E-state index is -1.53. The van der Waals surface area contributed by atoms with Crippen molar-refractivity contribution in [1.82, 2.24) is 0 Å². The Hall–Kier alpha value is -1.19. The minimum Gasteiger partial charge on any atom is -0.460 e. The van der Waals surface area contributed by atoms with Crippen LogP contribution < -0.4 is 0 Å². The number of rotatable bonds is 0. The number of ketones is 2. The molecule has 142 valence electrons. The second-order valence-electron chi connectivity index (χ2n) is 11.3. The maximum atomic E-state index is 14.0. The largest absolute Gasteiger partial charge is 0.460 e. The average Bonchev–Trinajstić information content (AvgIpc) is 3.03. The maximum absolute atomic E-state index is 14.0. The van der Waals surface area contributed by atoms with Crippen LogP contribution in [0, 0.1) is 44.8 Å². The van der Waals surface area contributed by atoms with Crippen molar-refractivity contribution in [3.05, 3.63) is 0 Å². The Morgan fingerprint density at radius 3 is 2.12 bits per heavy atom. The highest BCUT2D eigenvalue weighted by atomic mass is 16.6. The van der Waals surface area contributed by atoms with Crippen LogP contribution >= 0.6 is 0 Å². The molecule has 4 nitrogen and oxygen atoms in total. The number of carbonyl (C=O) groups excluding carboxylic acids is 3. The van der Waals surface area contributed by atoms with Crippen molar-refractivity contribution in [3.8, 4) is 0 Å². The molecule has 0 aromatic rings. The Bertz CT molecular complexity index is 779. The molecule has 4 heteroatoms. The molecule has 0 aromatic heterocycles. The van der Waals surface area contributed by atoms with Gasteiger partial charge in [-0.1, -0.05) is 41.5 Å². The molecule has 4 saturated carbocycles. The molecule has 1 heterocycles. The third kappa shape index (κ3) is 1.26. The molecule has 0 radical (unpaired) electrons. The van der Waals surface area contributed by atoms with Gasteiger partial charge in [0.25, 0.3) is 0 Å². The van der Waals surface area contributed by atoms with Crippen LogP contribution in [0.3, 0.4) is 0 Å². The van der Waals surface area contributed by atoms with Crippen LogP contribution in [0.1, 0.15) is 67.2 Å². The van der Waals surface area contributed by atoms with Crippen LogP contribution in [-0.4, -0.2) is 23.6 Å². The zero-order valence-corrected chi connectivity index (χ0v) is 16.8. The molecule has 1 spiro atoms. The van der Waals surface area contributed by atoms with Crippen molar-refractivity contribution >= 4 is 17.5 Å². The Morgan fingerprint density at radius 1 is 0.885 bits per heavy atom. The van der Waals surface area contributed by atoms with Crippen molar-refractivity contribution in [1.29, 1.82) is 0 Å². The molecule has 4 bridgehead atoms. The number of hydrogen-bond acceptors (Lipinski definition) is 4. The zero-order chi connectivity index (χ0) is 19.1. The van der Waals surface area contributed by atoms with Gasteiger partial charge in [0.1, 0.15) is 6.10 Å². The highest BCUT2D eigenvalue weighted by Crippen LogP contribution is 2.76. The summed E-state index contributed by atoms with van der Waals surface area (Å²) in [5, 5.41) is 0. The van der Waals surface area contributed by atoms with Gasteiger partial charge in [-0.05, 0) is 48.3 Å². The molecule has 0 N–H and O–H groups in total. The number of fused-ring (bicyclic) bond motifs is 8. The predicted molar refractivity (Wildman–Crippen MR) is 95.0 cm³/mol. The fourth-order valence-electron chi connectivity index (χ4n) is 8.18. The smallest absolute Gasteiger partial charge is 0.327 e. The molecule has 26 heavy (non-hydrogen) atoms. The summed E-state index contributed by atoms with van der Waals surface area (Å²) in [6.45, 7) is 12.7. The Kier molecular flexibility index (Phi) is 2.69. The summed E-state index contributed by atoms with van der Waals surface area (Å²) in [5.41, 5.74) is -2.70. The van der Waals surface area contributed by atoms with E-state index in [1.165, 1.54) is 0 Å². The summed E-state index contributed by atoms with van der Waals surface area (Å²) < 4.78 is 6.07. The molecule has 1 aliphatic heterocycles. The first kappa shape index (κ1) is 16.9. The van der Waals surface area contributed by atoms with Crippen LogP contribution in [0.4, 0.5) is 0 Å². The predicted octanol–water partition coefficient (Wildman–Crippen LogP) is 3.56. The Morgan fingerprint density at radius 2 is 1.54 bits per heavy atom. The van der Waals surface area contributed by atoms with Crippen LogP contribution in [0.25, 0.3) is 0 Å². The van der Waals surface area contributed by atoms with Gasteiger partial charge in [0.05, 0.1) is 5.92 Å². The third-order valence-electron chi connectivity index (χ3n) is 10.6. The molecular formula is C22H30O4. The van der Waals surface area contributed by atoms with Gasteiger partial charge in [0, 0.05) is 10.8 Å². The molecule has 0 amide bonds. The lowest BCUT2D eigenvalue weighted by atomic mass is 9.59. The van der Waals surface area contributed by atoms with Gasteiger partial charge in [0.15, 0.2) is 17.0 Å². The molecule has 4 aliphatic carbocycles. The van der Waals surface area contributed by atoms with E-state index in [2.05, 4.69) is 34.6 Å². The van der Waals surface area contributed by atoms with Crippen molar-refractivity contribution in [2.45, 2.75) is 73.3 Å². The molecule has 1 saturated heterocycles. The van der Waals surface area contributed by atoms with E-state index < -0.39 is 16.8 Å². The van der Waals surface area contributed by atoms with Crippen molar-refractivity contribution in [2.75, 3.05) is 0 Å². The number of carbonyl (C=O) groups is 3. The van der Waals surface area contributed by atoms with Gasteiger partial charge >= 0.3 is 5.97 Å². The maximum Gasteiger partial charge on any atom is 0.327 e. The normalized spacial score (nSPS) is 55.5. The number of esters is 1. The molecule has 2 unspecified atom stereocenters. The Labute approximate surface area is 155 Å². The lowest BCUT2D eigenvalue weighted by Crippen LogP contribution is -2.63. The number of ether oxygens (including phenoxy) is 1. The fraction of sp³-hybridized carbons (Fsp3) is 0.864. The van der Waals surface area contributed by atoms with E-state index in [1.54, 1.807) is 0 Å². The first-order chi connectivity index (χ1) is 11.9. The van der Waals surface area contributed by atoms with Crippen molar-refractivity contribution < 1.29 is 19.1 Å². The van der Waals surface area contributed by atoms with Gasteiger partial charge in [-0.15, -0.1) is 0 Å². The summed E-state index contributed by atoms with van der Waals surface area (Å²) in [4.78, 5) is 41.0. The topological polar surface area (TPSA) is 60.4 Å². The van der Waals surface area contributed by atoms with Gasteiger partial charge in [-0.2, -0.15) is 0 Å². The monoisotopic (exact) mass is 358 g/mol. The van der Waals surface area contributed by atoms with E-state index in [0.717, 1.165) is 25.7 Å². The summed E-state index contributed by atoms with van der Waals surface area (Å²) in [6, 6.07) is 0. The van der Waals surface area contributed by atoms with E-state index in [0.29, 0.717) is 0 Å². The number of hydrogen-bond donors (Lipinski definition) is 0. The first-order valence-electron chi connectivity index (χ1n) is 10.2. The second kappa shape index (κ2) is 4.12. The molecular weight excluding hydrogens is 328 g/mol. The van der Waals surface area contributed by atoms with E-state index in [9.17, 15) is 14.4 Å². The van der Waals surface area contributed by atoms with Crippen LogP contribution in [-0.2, 0) is 19.1 Å². The Balaban J connectivity index is 1.69. The summed E-state index contributed by atoms with van der Waals surface area (Å²) in [6.07, 6.45) is 3.15. The standard InChI is InChI=1S/C22H30O4/c1-18(2)11-7-9-20(18,5)15-13(11)14(23)22(17(25)26-15)12-8-10-21(6,16(22)24)19(12,3)4/h11-13,15H,7-10H2,1-6H3/t11-,12+,13?,15?,20+,21+,22+/m1/s1. The third-order valence-corrected chi connectivity index (χ3v) is 10.6. The van der Waals surface area contributed by atoms with Gasteiger partial charge in [0.2, 0.25) is 0 Å². The molecule has 0 aromatic carbocycles. The van der Waals surface area contributed by atoms with E-state index in [-0.39, 0.29) is 51.7 Å². The molecule has 7 atom stereocenters. The fourth-order valence-corrected chi connectivity index (χ4v) is 8.18. The van der Waals surface area contributed by atoms with Gasteiger partial charge < -0.3 is 4.74 Å². The SMILES string of the molecule is CC1(C)[C@@H]2CC[C@@]1(C)C(=O)[C@]21C(=O)OC2C(C1=O)[C@H]1CC[C@]2(C)C1(C)C. The lowest BCUT2D eigenvalue weighted by Gasteiger charge is -2.47. The molecule has 5 fully saturated rings. The zero-order valence-electron chi connectivity index (χ0n) is 16.8. The van der Waals surface area contributed by atoms with Crippen LogP contribution in [0.15, 0.2) is 0 Å². The van der Waals surface area contributed by atoms with Crippen molar-refractivity contribution in [2.24, 2.45) is 44.8 Å². The van der Waals surface area contributed by atoms with E-state index >= 15 is 0 Å². The highest BCUT2D eigenvalue weighted by molar-refractivity contribution is 6.27. The summed E-state index contributed by atoms with van der Waals surface area (Å²) in [5.74, 6) is -1.08. The lowest BCUT2D eigenvalue weighted by molar-refractivity contribution is -0.194. The van der Waals surface area contributed by atoms with E-state index in [4.69, 9.17) is 4.74 Å². The molecule has 5 rings (SSSR count). The number of Topliss-reactive ketones (excluding diaryl/α,β-unsaturated/α-hetero) is 2. The second-order valence-corrected chi connectivity index (χ2v) is 11.3. The average molecular weight is 358 g/mol. The molecule has 5 aliphatic rings.